The number of sulfone groups is 1. The maximum atomic E-state index is 10.9. The van der Waals surface area contributed by atoms with Crippen LogP contribution >= 0.6 is 34.2 Å². The van der Waals surface area contributed by atoms with Crippen molar-refractivity contribution in [2.24, 2.45) is 0 Å². The Kier molecular flexibility index (Phi) is 5.69. The van der Waals surface area contributed by atoms with Crippen molar-refractivity contribution in [3.05, 3.63) is 32.4 Å². The third-order valence-electron chi connectivity index (χ3n) is 2.32. The SMILES string of the molecule is CS(=O)(=O)CCCC(O)c1ccc(I)c(Cl)c1. The normalized spacial score (nSPS) is 13.6. The first-order chi connectivity index (χ1) is 7.79. The molecule has 3 nitrogen and oxygen atoms in total. The topological polar surface area (TPSA) is 54.4 Å². The maximum Gasteiger partial charge on any atom is 0.147 e. The van der Waals surface area contributed by atoms with Gasteiger partial charge in [0.25, 0.3) is 0 Å². The van der Waals surface area contributed by atoms with Crippen LogP contribution < -0.4 is 0 Å². The fraction of sp³-hybridized carbons (Fsp3) is 0.455. The second-order valence-electron chi connectivity index (χ2n) is 3.96. The van der Waals surface area contributed by atoms with Gasteiger partial charge in [0, 0.05) is 15.6 Å². The Morgan fingerprint density at radius 2 is 2.12 bits per heavy atom. The third kappa shape index (κ3) is 5.54. The first-order valence-electron chi connectivity index (χ1n) is 5.10. The fourth-order valence-corrected chi connectivity index (χ4v) is 2.64. The van der Waals surface area contributed by atoms with Gasteiger partial charge in [-0.25, -0.2) is 8.42 Å². The van der Waals surface area contributed by atoms with Crippen LogP contribution in [0, 0.1) is 3.57 Å². The van der Waals surface area contributed by atoms with E-state index in [4.69, 9.17) is 11.6 Å². The van der Waals surface area contributed by atoms with E-state index in [1.165, 1.54) is 6.26 Å². The summed E-state index contributed by atoms with van der Waals surface area (Å²) in [6.45, 7) is 0. The largest absolute Gasteiger partial charge is 0.388 e. The highest BCUT2D eigenvalue weighted by Crippen LogP contribution is 2.25. The standard InChI is InChI=1S/C11H14ClIO3S/c1-17(15,16)6-2-3-11(14)8-4-5-10(13)9(12)7-8/h4-5,7,11,14H,2-3,6H2,1H3. The first-order valence-corrected chi connectivity index (χ1v) is 8.62. The Balaban J connectivity index is 2.58. The van der Waals surface area contributed by atoms with Gasteiger partial charge in [-0.3, -0.25) is 0 Å². The lowest BCUT2D eigenvalue weighted by molar-refractivity contribution is 0.166. The van der Waals surface area contributed by atoms with Crippen molar-refractivity contribution in [3.63, 3.8) is 0 Å². The molecule has 0 radical (unpaired) electrons. The van der Waals surface area contributed by atoms with Crippen LogP contribution in [0.3, 0.4) is 0 Å². The summed E-state index contributed by atoms with van der Waals surface area (Å²) in [5, 5.41) is 10.5. The lowest BCUT2D eigenvalue weighted by Crippen LogP contribution is -2.05. The summed E-state index contributed by atoms with van der Waals surface area (Å²) in [7, 11) is -2.96. The molecule has 0 aromatic heterocycles. The first kappa shape index (κ1) is 15.2. The minimum atomic E-state index is -2.96. The van der Waals surface area contributed by atoms with Crippen molar-refractivity contribution in [1.82, 2.24) is 0 Å². The van der Waals surface area contributed by atoms with Crippen LogP contribution in [0.1, 0.15) is 24.5 Å². The van der Waals surface area contributed by atoms with E-state index in [9.17, 15) is 13.5 Å². The van der Waals surface area contributed by atoms with Crippen molar-refractivity contribution in [2.45, 2.75) is 18.9 Å². The molecule has 0 saturated heterocycles. The molecule has 0 spiro atoms. The van der Waals surface area contributed by atoms with Crippen LogP contribution in [0.2, 0.25) is 5.02 Å². The van der Waals surface area contributed by atoms with Crippen molar-refractivity contribution >= 4 is 44.0 Å². The molecular formula is C11H14ClIO3S. The van der Waals surface area contributed by atoms with Crippen LogP contribution in [0.15, 0.2) is 18.2 Å². The molecule has 1 unspecified atom stereocenters. The van der Waals surface area contributed by atoms with Gasteiger partial charge in [0.05, 0.1) is 11.1 Å². The number of aliphatic hydroxyl groups is 1. The molecule has 0 aliphatic carbocycles. The Bertz CT molecular complexity index is 487. The number of hydrogen-bond acceptors (Lipinski definition) is 3. The van der Waals surface area contributed by atoms with E-state index in [-0.39, 0.29) is 5.75 Å². The smallest absolute Gasteiger partial charge is 0.147 e. The van der Waals surface area contributed by atoms with E-state index in [0.717, 1.165) is 9.13 Å². The summed E-state index contributed by atoms with van der Waals surface area (Å²) < 4.78 is 22.8. The zero-order valence-electron chi connectivity index (χ0n) is 9.36. The lowest BCUT2D eigenvalue weighted by atomic mass is 10.1. The molecule has 1 atom stereocenters. The highest BCUT2D eigenvalue weighted by molar-refractivity contribution is 14.1. The van der Waals surface area contributed by atoms with Gasteiger partial charge < -0.3 is 5.11 Å². The zero-order chi connectivity index (χ0) is 13.1. The van der Waals surface area contributed by atoms with E-state index >= 15 is 0 Å². The summed E-state index contributed by atoms with van der Waals surface area (Å²) in [6, 6.07) is 5.35. The molecule has 0 aliphatic heterocycles. The second-order valence-corrected chi connectivity index (χ2v) is 7.79. The summed E-state index contributed by atoms with van der Waals surface area (Å²) in [6.07, 6.45) is 1.40. The molecule has 1 N–H and O–H groups in total. The number of aliphatic hydroxyl groups excluding tert-OH is 1. The predicted molar refractivity (Wildman–Crippen MR) is 78.1 cm³/mol. The van der Waals surface area contributed by atoms with Crippen LogP contribution in [0.5, 0.6) is 0 Å². The quantitative estimate of drug-likeness (QED) is 0.789. The number of hydrogen-bond donors (Lipinski definition) is 1. The van der Waals surface area contributed by atoms with E-state index in [2.05, 4.69) is 22.6 Å². The Hall–Kier alpha value is 0.150. The Labute approximate surface area is 120 Å². The fourth-order valence-electron chi connectivity index (χ4n) is 1.43. The molecule has 0 heterocycles. The molecular weight excluding hydrogens is 375 g/mol. The van der Waals surface area contributed by atoms with Crippen LogP contribution in [-0.4, -0.2) is 25.5 Å². The molecule has 17 heavy (non-hydrogen) atoms. The van der Waals surface area contributed by atoms with E-state index in [1.54, 1.807) is 12.1 Å². The van der Waals surface area contributed by atoms with Gasteiger partial charge in [-0.05, 0) is 53.1 Å². The van der Waals surface area contributed by atoms with E-state index in [0.29, 0.717) is 17.9 Å². The number of benzene rings is 1. The van der Waals surface area contributed by atoms with Gasteiger partial charge >= 0.3 is 0 Å². The molecule has 1 aromatic rings. The van der Waals surface area contributed by atoms with Crippen molar-refractivity contribution in [3.8, 4) is 0 Å². The maximum absolute atomic E-state index is 10.9. The average Bonchev–Trinajstić information content (AvgIpc) is 2.20. The van der Waals surface area contributed by atoms with E-state index < -0.39 is 15.9 Å². The summed E-state index contributed by atoms with van der Waals surface area (Å²) in [4.78, 5) is 0. The molecule has 0 bridgehead atoms. The van der Waals surface area contributed by atoms with Gasteiger partial charge in [0.1, 0.15) is 9.84 Å². The van der Waals surface area contributed by atoms with Crippen molar-refractivity contribution in [1.29, 1.82) is 0 Å². The average molecular weight is 389 g/mol. The molecule has 1 rings (SSSR count). The molecule has 0 aliphatic rings. The monoisotopic (exact) mass is 388 g/mol. The van der Waals surface area contributed by atoms with Crippen molar-refractivity contribution in [2.75, 3.05) is 12.0 Å². The zero-order valence-corrected chi connectivity index (χ0v) is 13.1. The second kappa shape index (κ2) is 6.36. The number of rotatable bonds is 5. The van der Waals surface area contributed by atoms with Crippen molar-refractivity contribution < 1.29 is 13.5 Å². The highest BCUT2D eigenvalue weighted by atomic mass is 127. The van der Waals surface area contributed by atoms with Gasteiger partial charge in [0.2, 0.25) is 0 Å². The van der Waals surface area contributed by atoms with Crippen LogP contribution in [0.25, 0.3) is 0 Å². The predicted octanol–water partition coefficient (Wildman–Crippen LogP) is 2.80. The lowest BCUT2D eigenvalue weighted by Gasteiger charge is -2.11. The minimum Gasteiger partial charge on any atom is -0.388 e. The van der Waals surface area contributed by atoms with Gasteiger partial charge in [-0.2, -0.15) is 0 Å². The Morgan fingerprint density at radius 3 is 2.65 bits per heavy atom. The summed E-state index contributed by atoms with van der Waals surface area (Å²) >= 11 is 8.06. The molecule has 0 saturated carbocycles. The number of halogens is 2. The molecule has 0 fully saturated rings. The molecule has 96 valence electrons. The van der Waals surface area contributed by atoms with Gasteiger partial charge in [-0.1, -0.05) is 17.7 Å². The molecule has 6 heteroatoms. The highest BCUT2D eigenvalue weighted by Gasteiger charge is 2.11. The molecule has 1 aromatic carbocycles. The van der Waals surface area contributed by atoms with Gasteiger partial charge in [-0.15, -0.1) is 0 Å². The Morgan fingerprint density at radius 1 is 1.47 bits per heavy atom. The van der Waals surface area contributed by atoms with Gasteiger partial charge in [0.15, 0.2) is 0 Å². The molecule has 0 amide bonds. The van der Waals surface area contributed by atoms with Crippen LogP contribution in [0.4, 0.5) is 0 Å². The van der Waals surface area contributed by atoms with E-state index in [1.807, 2.05) is 6.07 Å². The van der Waals surface area contributed by atoms with Crippen LogP contribution in [-0.2, 0) is 9.84 Å². The summed E-state index contributed by atoms with van der Waals surface area (Å²) in [5.74, 6) is 0.0994. The minimum absolute atomic E-state index is 0.0994. The third-order valence-corrected chi connectivity index (χ3v) is 4.92. The summed E-state index contributed by atoms with van der Waals surface area (Å²) in [5.41, 5.74) is 0.726.